The van der Waals surface area contributed by atoms with Crippen molar-refractivity contribution in [2.75, 3.05) is 26.2 Å². The Hall–Kier alpha value is -3.37. The first kappa shape index (κ1) is 22.4. The minimum absolute atomic E-state index is 0.000379. The van der Waals surface area contributed by atoms with E-state index in [0.29, 0.717) is 12.0 Å². The van der Waals surface area contributed by atoms with E-state index < -0.39 is 11.9 Å². The topological polar surface area (TPSA) is 82.6 Å². The second-order valence-electron chi connectivity index (χ2n) is 8.47. The molecule has 2 N–H and O–H groups in total. The van der Waals surface area contributed by atoms with E-state index in [1.54, 1.807) is 18.2 Å². The Morgan fingerprint density at radius 2 is 1.85 bits per heavy atom. The van der Waals surface area contributed by atoms with E-state index >= 15 is 0 Å². The third-order valence-electron chi connectivity index (χ3n) is 6.00. The average molecular weight is 467 g/mol. The number of hydrogen-bond acceptors (Lipinski definition) is 6. The number of alkyl halides is 3. The number of hydrogen-bond donors (Lipinski definition) is 2. The number of nitrogens with one attached hydrogen (secondary N) is 2. The molecule has 0 aliphatic carbocycles. The predicted molar refractivity (Wildman–Crippen MR) is 122 cm³/mol. The fourth-order valence-electron chi connectivity index (χ4n) is 4.34. The molecular weight excluding hydrogens is 443 g/mol. The summed E-state index contributed by atoms with van der Waals surface area (Å²) in [5.41, 5.74) is 3.49. The van der Waals surface area contributed by atoms with Crippen molar-refractivity contribution in [3.8, 4) is 11.3 Å². The fraction of sp³-hybridized carbons (Fsp3) is 0.333. The maximum atomic E-state index is 13.2. The summed E-state index contributed by atoms with van der Waals surface area (Å²) in [6, 6.07) is 9.43. The number of aromatic nitrogens is 5. The minimum atomic E-state index is -4.53. The average Bonchev–Trinajstić information content (AvgIpc) is 3.21. The number of pyridine rings is 1. The van der Waals surface area contributed by atoms with Gasteiger partial charge in [-0.2, -0.15) is 13.2 Å². The van der Waals surface area contributed by atoms with Crippen molar-refractivity contribution in [1.29, 1.82) is 0 Å². The van der Waals surface area contributed by atoms with Gasteiger partial charge >= 0.3 is 6.18 Å². The highest BCUT2D eigenvalue weighted by Crippen LogP contribution is 2.34. The molecule has 1 fully saturated rings. The molecule has 0 unspecified atom stereocenters. The number of aromatic amines is 1. The van der Waals surface area contributed by atoms with E-state index in [0.717, 1.165) is 61.6 Å². The molecule has 34 heavy (non-hydrogen) atoms. The molecule has 0 atom stereocenters. The first-order chi connectivity index (χ1) is 16.4. The summed E-state index contributed by atoms with van der Waals surface area (Å²) in [5.74, 6) is 0.745. The van der Waals surface area contributed by atoms with E-state index in [-0.39, 0.29) is 11.3 Å². The highest BCUT2D eigenvalue weighted by Gasteiger charge is 2.35. The van der Waals surface area contributed by atoms with E-state index in [1.165, 1.54) is 12.5 Å². The summed E-state index contributed by atoms with van der Waals surface area (Å²) in [5, 5.41) is 3.36. The monoisotopic (exact) mass is 467 g/mol. The van der Waals surface area contributed by atoms with Gasteiger partial charge in [-0.05, 0) is 36.8 Å². The highest BCUT2D eigenvalue weighted by atomic mass is 19.4. The Labute approximate surface area is 194 Å². The van der Waals surface area contributed by atoms with Gasteiger partial charge in [0.15, 0.2) is 5.69 Å². The van der Waals surface area contributed by atoms with Crippen molar-refractivity contribution in [3.63, 3.8) is 0 Å². The van der Waals surface area contributed by atoms with E-state index in [1.807, 2.05) is 12.3 Å². The number of imidazole rings is 1. The van der Waals surface area contributed by atoms with Crippen LogP contribution in [0.1, 0.15) is 28.3 Å². The lowest BCUT2D eigenvalue weighted by Crippen LogP contribution is -2.42. The van der Waals surface area contributed by atoms with Gasteiger partial charge in [0.05, 0.1) is 16.7 Å². The third kappa shape index (κ3) is 4.78. The zero-order chi connectivity index (χ0) is 23.7. The first-order valence-corrected chi connectivity index (χ1v) is 11.1. The molecular formula is C24H24F3N7. The van der Waals surface area contributed by atoms with Gasteiger partial charge in [0.2, 0.25) is 0 Å². The number of piperazine rings is 1. The normalized spacial score (nSPS) is 15.2. The molecule has 0 saturated carbocycles. The third-order valence-corrected chi connectivity index (χ3v) is 6.00. The maximum absolute atomic E-state index is 13.2. The van der Waals surface area contributed by atoms with Crippen molar-refractivity contribution in [1.82, 2.24) is 35.1 Å². The van der Waals surface area contributed by atoms with Crippen LogP contribution in [0.15, 0.2) is 42.9 Å². The molecule has 1 aromatic carbocycles. The minimum Gasteiger partial charge on any atom is -0.342 e. The van der Waals surface area contributed by atoms with Crippen LogP contribution in [0.4, 0.5) is 13.2 Å². The summed E-state index contributed by atoms with van der Waals surface area (Å²) < 4.78 is 39.7. The quantitative estimate of drug-likeness (QED) is 0.465. The number of halogens is 3. The lowest BCUT2D eigenvalue weighted by atomic mass is 10.0. The molecule has 0 radical (unpaired) electrons. The Balaban J connectivity index is 1.37. The Morgan fingerprint density at radius 1 is 1.03 bits per heavy atom. The van der Waals surface area contributed by atoms with Gasteiger partial charge in [0.1, 0.15) is 12.2 Å². The van der Waals surface area contributed by atoms with Crippen LogP contribution in [0.25, 0.3) is 22.3 Å². The molecule has 1 aliphatic rings. The predicted octanol–water partition coefficient (Wildman–Crippen LogP) is 3.74. The van der Waals surface area contributed by atoms with E-state index in [2.05, 4.69) is 41.2 Å². The molecule has 5 rings (SSSR count). The molecule has 0 amide bonds. The summed E-state index contributed by atoms with van der Waals surface area (Å²) in [7, 11) is 0. The maximum Gasteiger partial charge on any atom is 0.433 e. The SMILES string of the molecule is Cc1c(-c2ccc3nc(Cc4cc(CN5CCNCC5)ccn4)[nH]c3c2)ncnc1C(F)(F)F. The van der Waals surface area contributed by atoms with Gasteiger partial charge in [0, 0.05) is 62.2 Å². The standard InChI is InChI=1S/C24H24F3N7/c1-15-22(30-14-31-23(15)24(25,26)27)17-2-3-19-20(11-17)33-21(32-19)12-18-10-16(4-5-29-18)13-34-8-6-28-7-9-34/h2-5,10-11,14,28H,6-9,12-13H2,1H3,(H,32,33). The lowest BCUT2D eigenvalue weighted by molar-refractivity contribution is -0.141. The van der Waals surface area contributed by atoms with Crippen LogP contribution in [0.2, 0.25) is 0 Å². The second-order valence-corrected chi connectivity index (χ2v) is 8.47. The summed E-state index contributed by atoms with van der Waals surface area (Å²) in [4.78, 5) is 22.4. The molecule has 0 bridgehead atoms. The van der Waals surface area contributed by atoms with E-state index in [4.69, 9.17) is 0 Å². The summed E-state index contributed by atoms with van der Waals surface area (Å²) in [6.45, 7) is 6.34. The van der Waals surface area contributed by atoms with Crippen LogP contribution < -0.4 is 5.32 Å². The van der Waals surface area contributed by atoms with Crippen LogP contribution in [0.5, 0.6) is 0 Å². The van der Waals surface area contributed by atoms with Crippen molar-refractivity contribution < 1.29 is 13.2 Å². The van der Waals surface area contributed by atoms with E-state index in [9.17, 15) is 13.2 Å². The summed E-state index contributed by atoms with van der Waals surface area (Å²) in [6.07, 6.45) is -1.22. The molecule has 0 spiro atoms. The van der Waals surface area contributed by atoms with Gasteiger partial charge in [-0.1, -0.05) is 6.07 Å². The van der Waals surface area contributed by atoms with Gasteiger partial charge in [-0.15, -0.1) is 0 Å². The number of nitrogens with zero attached hydrogens (tertiary/aromatic N) is 5. The van der Waals surface area contributed by atoms with Crippen LogP contribution in [-0.2, 0) is 19.1 Å². The second kappa shape index (κ2) is 9.11. The zero-order valence-electron chi connectivity index (χ0n) is 18.7. The molecule has 4 heterocycles. The Bertz CT molecular complexity index is 1310. The number of fused-ring (bicyclic) bond motifs is 1. The molecule has 1 aliphatic heterocycles. The van der Waals surface area contributed by atoms with Crippen LogP contribution in [-0.4, -0.2) is 56.0 Å². The van der Waals surface area contributed by atoms with Crippen molar-refractivity contribution in [3.05, 3.63) is 71.2 Å². The van der Waals surface area contributed by atoms with Crippen LogP contribution in [0, 0.1) is 6.92 Å². The number of rotatable bonds is 5. The van der Waals surface area contributed by atoms with Gasteiger partial charge < -0.3 is 10.3 Å². The van der Waals surface area contributed by atoms with Crippen molar-refractivity contribution in [2.45, 2.75) is 26.1 Å². The zero-order valence-corrected chi connectivity index (χ0v) is 18.7. The molecule has 3 aromatic heterocycles. The highest BCUT2D eigenvalue weighted by molar-refractivity contribution is 5.82. The lowest BCUT2D eigenvalue weighted by Gasteiger charge is -2.27. The molecule has 1 saturated heterocycles. The van der Waals surface area contributed by atoms with Gasteiger partial charge in [-0.25, -0.2) is 15.0 Å². The van der Waals surface area contributed by atoms with Gasteiger partial charge in [-0.3, -0.25) is 9.88 Å². The number of benzene rings is 1. The van der Waals surface area contributed by atoms with Crippen molar-refractivity contribution in [2.24, 2.45) is 0 Å². The smallest absolute Gasteiger partial charge is 0.342 e. The first-order valence-electron chi connectivity index (χ1n) is 11.1. The van der Waals surface area contributed by atoms with Crippen LogP contribution >= 0.6 is 0 Å². The largest absolute Gasteiger partial charge is 0.433 e. The Morgan fingerprint density at radius 3 is 2.65 bits per heavy atom. The van der Waals surface area contributed by atoms with Crippen molar-refractivity contribution >= 4 is 11.0 Å². The molecule has 7 nitrogen and oxygen atoms in total. The van der Waals surface area contributed by atoms with Gasteiger partial charge in [0.25, 0.3) is 0 Å². The van der Waals surface area contributed by atoms with Crippen LogP contribution in [0.3, 0.4) is 0 Å². The molecule has 176 valence electrons. The fourth-order valence-corrected chi connectivity index (χ4v) is 4.34. The summed E-state index contributed by atoms with van der Waals surface area (Å²) >= 11 is 0. The molecule has 4 aromatic rings. The Kier molecular flexibility index (Phi) is 6.01. The number of H-pyrrole nitrogens is 1. The molecule has 10 heteroatoms.